The van der Waals surface area contributed by atoms with Crippen LogP contribution in [0.5, 0.6) is 0 Å². The average Bonchev–Trinajstić information content (AvgIpc) is 2.72. The number of rotatable bonds is 3. The van der Waals surface area contributed by atoms with E-state index in [1.807, 2.05) is 6.92 Å². The van der Waals surface area contributed by atoms with Crippen molar-refractivity contribution in [2.24, 2.45) is 39.9 Å². The molecule has 0 spiro atoms. The van der Waals surface area contributed by atoms with E-state index in [2.05, 4.69) is 72.8 Å². The van der Waals surface area contributed by atoms with E-state index in [4.69, 9.17) is 6.42 Å². The Bertz CT molecular complexity index is 812. The minimum Gasteiger partial charge on any atom is -0.198 e. The van der Waals surface area contributed by atoms with Gasteiger partial charge in [0.2, 0.25) is 0 Å². The summed E-state index contributed by atoms with van der Waals surface area (Å²) in [6.07, 6.45) is 15.4. The maximum absolute atomic E-state index is 10.4. The Morgan fingerprint density at radius 2 is 1.90 bits per heavy atom. The fourth-order valence-electron chi connectivity index (χ4n) is 6.85. The third kappa shape index (κ3) is 4.31. The van der Waals surface area contributed by atoms with Crippen molar-refractivity contribution in [3.05, 3.63) is 36.0 Å². The van der Waals surface area contributed by atoms with E-state index in [1.54, 1.807) is 5.57 Å². The Hall–Kier alpha value is -1.73. The van der Waals surface area contributed by atoms with Crippen molar-refractivity contribution in [1.29, 1.82) is 5.26 Å². The smallest absolute Gasteiger partial charge is 0.0729 e. The average molecular weight is 420 g/mol. The van der Waals surface area contributed by atoms with Gasteiger partial charge in [0.15, 0.2) is 0 Å². The highest BCUT2D eigenvalue weighted by atomic mass is 14.7. The second-order valence-corrected chi connectivity index (χ2v) is 11.5. The van der Waals surface area contributed by atoms with Crippen molar-refractivity contribution >= 4 is 0 Å². The highest BCUT2D eigenvalue weighted by Gasteiger charge is 2.63. The van der Waals surface area contributed by atoms with Crippen molar-refractivity contribution in [2.45, 2.75) is 93.4 Å². The Morgan fingerprint density at radius 1 is 1.29 bits per heavy atom. The van der Waals surface area contributed by atoms with Crippen LogP contribution in [0.3, 0.4) is 0 Å². The summed E-state index contributed by atoms with van der Waals surface area (Å²) in [6.45, 7) is 24.0. The molecule has 2 fully saturated rings. The minimum atomic E-state index is -0.303. The number of hydrogen-bond donors (Lipinski definition) is 0. The molecule has 0 heterocycles. The van der Waals surface area contributed by atoms with Gasteiger partial charge in [-0.3, -0.25) is 0 Å². The molecule has 0 saturated heterocycles. The van der Waals surface area contributed by atoms with Crippen LogP contribution in [-0.2, 0) is 0 Å². The highest BCUT2D eigenvalue weighted by molar-refractivity contribution is 5.38. The van der Waals surface area contributed by atoms with Crippen molar-refractivity contribution in [1.82, 2.24) is 0 Å². The summed E-state index contributed by atoms with van der Waals surface area (Å²) in [5.74, 6) is 4.85. The first-order chi connectivity index (χ1) is 14.4. The molecule has 0 radical (unpaired) electrons. The van der Waals surface area contributed by atoms with Crippen LogP contribution < -0.4 is 0 Å². The van der Waals surface area contributed by atoms with E-state index in [0.717, 1.165) is 44.9 Å². The first-order valence-electron chi connectivity index (χ1n) is 12.3. The monoisotopic (exact) mass is 419 g/mol. The predicted molar refractivity (Wildman–Crippen MR) is 134 cm³/mol. The topological polar surface area (TPSA) is 23.8 Å². The molecule has 0 aromatic carbocycles. The molecule has 0 aliphatic heterocycles. The first-order valence-corrected chi connectivity index (χ1v) is 12.3. The predicted octanol–water partition coefficient (Wildman–Crippen LogP) is 8.50. The molecular weight excluding hydrogens is 374 g/mol. The molecule has 0 amide bonds. The van der Waals surface area contributed by atoms with Crippen molar-refractivity contribution < 1.29 is 0 Å². The van der Waals surface area contributed by atoms with E-state index >= 15 is 0 Å². The Balaban J connectivity index is 0.000000614. The maximum Gasteiger partial charge on any atom is 0.0729 e. The van der Waals surface area contributed by atoms with Gasteiger partial charge in [0.25, 0.3) is 0 Å². The number of nitrogens with zero attached hydrogens (tertiary/aromatic N) is 1. The van der Waals surface area contributed by atoms with E-state index in [1.165, 1.54) is 11.1 Å². The van der Waals surface area contributed by atoms with E-state index in [9.17, 15) is 5.26 Å². The van der Waals surface area contributed by atoms with Gasteiger partial charge in [-0.1, -0.05) is 70.9 Å². The Labute approximate surface area is 193 Å². The van der Waals surface area contributed by atoms with Gasteiger partial charge in [0, 0.05) is 11.8 Å². The van der Waals surface area contributed by atoms with Gasteiger partial charge < -0.3 is 0 Å². The zero-order valence-corrected chi connectivity index (χ0v) is 21.3. The zero-order valence-electron chi connectivity index (χ0n) is 21.3. The quantitative estimate of drug-likeness (QED) is 0.332. The Morgan fingerprint density at radius 3 is 2.42 bits per heavy atom. The van der Waals surface area contributed by atoms with Crippen LogP contribution in [-0.4, -0.2) is 0 Å². The lowest BCUT2D eigenvalue weighted by atomic mass is 9.39. The van der Waals surface area contributed by atoms with Gasteiger partial charge in [-0.2, -0.15) is 5.26 Å². The maximum atomic E-state index is 10.4. The molecule has 1 heteroatoms. The van der Waals surface area contributed by atoms with Gasteiger partial charge in [0.1, 0.15) is 0 Å². The molecule has 170 valence electrons. The lowest BCUT2D eigenvalue weighted by Gasteiger charge is -2.63. The van der Waals surface area contributed by atoms with Crippen LogP contribution >= 0.6 is 0 Å². The molecule has 0 aromatic heterocycles. The van der Waals surface area contributed by atoms with Crippen LogP contribution in [0.2, 0.25) is 0 Å². The molecule has 3 aliphatic carbocycles. The summed E-state index contributed by atoms with van der Waals surface area (Å²) in [6, 6.07) is 2.85. The summed E-state index contributed by atoms with van der Waals surface area (Å²) in [7, 11) is 0. The minimum absolute atomic E-state index is 0.0234. The number of nitriles is 1. The van der Waals surface area contributed by atoms with Gasteiger partial charge in [-0.25, -0.2) is 0 Å². The van der Waals surface area contributed by atoms with Crippen LogP contribution in [0.4, 0.5) is 0 Å². The van der Waals surface area contributed by atoms with Crippen LogP contribution in [0, 0.1) is 63.6 Å². The Kier molecular flexibility index (Phi) is 7.75. The summed E-state index contributed by atoms with van der Waals surface area (Å²) in [5, 5.41) is 10.4. The summed E-state index contributed by atoms with van der Waals surface area (Å²) in [4.78, 5) is 0. The molecular formula is C30H45N. The molecule has 1 nitrogen and oxygen atoms in total. The largest absolute Gasteiger partial charge is 0.198 e. The number of fused-ring (bicyclic) bond motifs is 3. The van der Waals surface area contributed by atoms with Crippen LogP contribution in [0.1, 0.15) is 93.4 Å². The van der Waals surface area contributed by atoms with Crippen molar-refractivity contribution in [3.63, 3.8) is 0 Å². The van der Waals surface area contributed by atoms with Crippen LogP contribution in [0.15, 0.2) is 36.0 Å². The zero-order chi connectivity index (χ0) is 23.6. The molecule has 0 aromatic rings. The molecule has 3 aliphatic rings. The molecule has 3 rings (SSSR count). The van der Waals surface area contributed by atoms with Gasteiger partial charge >= 0.3 is 0 Å². The SMILES string of the molecule is C#CCCC1C2C(=CCC1(C)C)C1(C)CCC(=C)[C@@H](C)[C@@]1(C#N)C[C@H]2C.C=C(C)CC. The van der Waals surface area contributed by atoms with Crippen molar-refractivity contribution in [2.75, 3.05) is 0 Å². The summed E-state index contributed by atoms with van der Waals surface area (Å²) in [5.41, 5.74) is 4.07. The number of allylic oxidation sites excluding steroid dienone is 4. The lowest BCUT2D eigenvalue weighted by Crippen LogP contribution is -2.57. The molecule has 31 heavy (non-hydrogen) atoms. The van der Waals surface area contributed by atoms with Gasteiger partial charge in [-0.05, 0) is 74.5 Å². The van der Waals surface area contributed by atoms with Gasteiger partial charge in [0.05, 0.1) is 11.5 Å². The molecule has 3 unspecified atom stereocenters. The van der Waals surface area contributed by atoms with Gasteiger partial charge in [-0.15, -0.1) is 18.9 Å². The first kappa shape index (κ1) is 25.5. The second-order valence-electron chi connectivity index (χ2n) is 11.5. The third-order valence-corrected chi connectivity index (χ3v) is 9.22. The fraction of sp³-hybridized carbons (Fsp3) is 0.700. The van der Waals surface area contributed by atoms with E-state index in [-0.39, 0.29) is 22.2 Å². The standard InChI is InChI=1S/C25H35N.C5H10/c1-8-9-10-20-22-18(3)15-25(16-26)19(4)17(2)11-14-24(25,7)21(22)12-13-23(20,5)6;1-4-5(2)3/h1,12,18-20,22H,2,9-11,13-15H2,3-7H3;2,4H2,1,3H3/t18-,19-,20?,22?,24?,25+;/m1./s1. The number of hydrogen-bond acceptors (Lipinski definition) is 1. The normalized spacial score (nSPS) is 38.2. The summed E-state index contributed by atoms with van der Waals surface area (Å²) >= 11 is 0. The third-order valence-electron chi connectivity index (χ3n) is 9.22. The number of terminal acetylenes is 1. The highest BCUT2D eigenvalue weighted by Crippen LogP contribution is 2.69. The van der Waals surface area contributed by atoms with E-state index in [0.29, 0.717) is 17.8 Å². The fourth-order valence-corrected chi connectivity index (χ4v) is 6.85. The molecule has 6 atom stereocenters. The van der Waals surface area contributed by atoms with E-state index < -0.39 is 0 Å². The molecule has 0 N–H and O–H groups in total. The van der Waals surface area contributed by atoms with Crippen molar-refractivity contribution in [3.8, 4) is 18.4 Å². The summed E-state index contributed by atoms with van der Waals surface area (Å²) < 4.78 is 0. The molecule has 0 bridgehead atoms. The molecule has 2 saturated carbocycles. The van der Waals surface area contributed by atoms with Crippen LogP contribution in [0.25, 0.3) is 0 Å². The second kappa shape index (κ2) is 9.41. The lowest BCUT2D eigenvalue weighted by molar-refractivity contribution is -0.0453.